The summed E-state index contributed by atoms with van der Waals surface area (Å²) in [6, 6.07) is 0. The maximum absolute atomic E-state index is 10.8. The molecule has 0 radical (unpaired) electrons. The van der Waals surface area contributed by atoms with E-state index in [2.05, 4.69) is 0 Å². The fourth-order valence-corrected chi connectivity index (χ4v) is 0.451. The van der Waals surface area contributed by atoms with Gasteiger partial charge in [-0.25, -0.2) is 4.79 Å². The second-order valence-corrected chi connectivity index (χ2v) is 2.12. The number of hydrogen-bond donors (Lipinski definition) is 1. The SMILES string of the molecule is C.C.C.C.C.C.COC(C)C(=O)OCCCO. The van der Waals surface area contributed by atoms with E-state index in [9.17, 15) is 4.79 Å². The van der Waals surface area contributed by atoms with Gasteiger partial charge < -0.3 is 14.6 Å². The van der Waals surface area contributed by atoms with Crippen molar-refractivity contribution < 1.29 is 19.4 Å². The second-order valence-electron chi connectivity index (χ2n) is 2.12. The van der Waals surface area contributed by atoms with Crippen molar-refractivity contribution in [3.05, 3.63) is 0 Å². The Morgan fingerprint density at radius 1 is 1.12 bits per heavy atom. The molecular weight excluding hydrogens is 220 g/mol. The van der Waals surface area contributed by atoms with Crippen molar-refractivity contribution >= 4 is 5.97 Å². The second kappa shape index (κ2) is 29.5. The normalized spacial score (nSPS) is 8.18. The first-order chi connectivity index (χ1) is 5.22. The molecule has 0 heterocycles. The maximum atomic E-state index is 10.8. The average molecular weight is 258 g/mol. The van der Waals surface area contributed by atoms with Crippen molar-refractivity contribution in [2.45, 2.75) is 64.0 Å². The van der Waals surface area contributed by atoms with Gasteiger partial charge in [0.1, 0.15) is 0 Å². The van der Waals surface area contributed by atoms with Crippen molar-refractivity contribution in [2.75, 3.05) is 20.3 Å². The van der Waals surface area contributed by atoms with Crippen molar-refractivity contribution in [1.29, 1.82) is 0 Å². The third-order valence-corrected chi connectivity index (χ3v) is 1.23. The number of esters is 1. The molecule has 0 fully saturated rings. The largest absolute Gasteiger partial charge is 0.464 e. The molecule has 4 nitrogen and oxygen atoms in total. The monoisotopic (exact) mass is 258 g/mol. The first kappa shape index (κ1) is 44.0. The van der Waals surface area contributed by atoms with E-state index >= 15 is 0 Å². The molecule has 17 heavy (non-hydrogen) atoms. The minimum atomic E-state index is -0.520. The zero-order chi connectivity index (χ0) is 8.69. The molecule has 0 aliphatic heterocycles. The van der Waals surface area contributed by atoms with Gasteiger partial charge >= 0.3 is 5.97 Å². The molecule has 0 saturated heterocycles. The van der Waals surface area contributed by atoms with Crippen LogP contribution >= 0.6 is 0 Å². The maximum Gasteiger partial charge on any atom is 0.334 e. The van der Waals surface area contributed by atoms with Gasteiger partial charge in [0, 0.05) is 20.1 Å². The van der Waals surface area contributed by atoms with Crippen molar-refractivity contribution in [3.8, 4) is 0 Å². The van der Waals surface area contributed by atoms with Gasteiger partial charge in [-0.15, -0.1) is 0 Å². The molecule has 1 unspecified atom stereocenters. The molecule has 0 rings (SSSR count). The molecule has 0 bridgehead atoms. The minimum Gasteiger partial charge on any atom is -0.464 e. The zero-order valence-electron chi connectivity index (χ0n) is 6.87. The first-order valence-electron chi connectivity index (χ1n) is 3.52. The molecule has 0 aromatic rings. The lowest BCUT2D eigenvalue weighted by Gasteiger charge is -2.08. The molecule has 0 aromatic carbocycles. The van der Waals surface area contributed by atoms with E-state index in [1.165, 1.54) is 7.11 Å². The van der Waals surface area contributed by atoms with E-state index in [-0.39, 0.29) is 63.7 Å². The van der Waals surface area contributed by atoms with Crippen LogP contribution in [0.15, 0.2) is 0 Å². The van der Waals surface area contributed by atoms with Gasteiger partial charge in [0.25, 0.3) is 0 Å². The van der Waals surface area contributed by atoms with E-state index in [4.69, 9.17) is 14.6 Å². The van der Waals surface area contributed by atoms with Gasteiger partial charge in [0.15, 0.2) is 6.10 Å². The molecule has 0 aromatic heterocycles. The summed E-state index contributed by atoms with van der Waals surface area (Å²) in [5.41, 5.74) is 0. The van der Waals surface area contributed by atoms with Crippen molar-refractivity contribution in [3.63, 3.8) is 0 Å². The Morgan fingerprint density at radius 3 is 1.82 bits per heavy atom. The molecular formula is C13H38O4. The quantitative estimate of drug-likeness (QED) is 0.602. The lowest BCUT2D eigenvalue weighted by Crippen LogP contribution is -2.22. The number of methoxy groups -OCH3 is 1. The van der Waals surface area contributed by atoms with Gasteiger partial charge in [-0.05, 0) is 6.92 Å². The smallest absolute Gasteiger partial charge is 0.334 e. The molecule has 0 aliphatic rings. The highest BCUT2D eigenvalue weighted by Crippen LogP contribution is 1.92. The van der Waals surface area contributed by atoms with Gasteiger partial charge in [0.05, 0.1) is 6.61 Å². The van der Waals surface area contributed by atoms with E-state index < -0.39 is 6.10 Å². The highest BCUT2D eigenvalue weighted by atomic mass is 16.6. The van der Waals surface area contributed by atoms with Crippen LogP contribution in [-0.2, 0) is 14.3 Å². The third-order valence-electron chi connectivity index (χ3n) is 1.23. The lowest BCUT2D eigenvalue weighted by molar-refractivity contribution is -0.154. The molecule has 1 atom stereocenters. The highest BCUT2D eigenvalue weighted by Gasteiger charge is 2.11. The van der Waals surface area contributed by atoms with Gasteiger partial charge in [0.2, 0.25) is 0 Å². The number of hydrogen-bond acceptors (Lipinski definition) is 4. The van der Waals surface area contributed by atoms with Crippen LogP contribution in [0, 0.1) is 0 Å². The number of carbonyl (C=O) groups is 1. The summed E-state index contributed by atoms with van der Waals surface area (Å²) in [5.74, 6) is -0.388. The van der Waals surface area contributed by atoms with Crippen LogP contribution in [0.2, 0.25) is 0 Å². The summed E-state index contributed by atoms with van der Waals surface area (Å²) in [7, 11) is 1.44. The number of aliphatic hydroxyl groups is 1. The Labute approximate surface area is 110 Å². The Morgan fingerprint density at radius 2 is 1.53 bits per heavy atom. The Balaban J connectivity index is -0.0000000333. The zero-order valence-corrected chi connectivity index (χ0v) is 6.87. The summed E-state index contributed by atoms with van der Waals surface area (Å²) in [5, 5.41) is 8.35. The van der Waals surface area contributed by atoms with Crippen molar-refractivity contribution in [2.24, 2.45) is 0 Å². The van der Waals surface area contributed by atoms with Crippen LogP contribution in [0.25, 0.3) is 0 Å². The van der Waals surface area contributed by atoms with Crippen LogP contribution < -0.4 is 0 Å². The summed E-state index contributed by atoms with van der Waals surface area (Å²) in [4.78, 5) is 10.8. The summed E-state index contributed by atoms with van der Waals surface area (Å²) < 4.78 is 9.42. The Kier molecular flexibility index (Phi) is 76.5. The Bertz CT molecular complexity index is 116. The topological polar surface area (TPSA) is 55.8 Å². The minimum absolute atomic E-state index is 0. The molecule has 0 aliphatic carbocycles. The molecule has 4 heteroatoms. The van der Waals surface area contributed by atoms with E-state index in [0.717, 1.165) is 0 Å². The van der Waals surface area contributed by atoms with Crippen LogP contribution in [-0.4, -0.2) is 37.5 Å². The van der Waals surface area contributed by atoms with Crippen LogP contribution in [0.3, 0.4) is 0 Å². The third kappa shape index (κ3) is 25.6. The molecule has 0 saturated carbocycles. The van der Waals surface area contributed by atoms with Gasteiger partial charge in [-0.2, -0.15) is 0 Å². The summed E-state index contributed by atoms with van der Waals surface area (Å²) in [6.45, 7) is 1.90. The standard InChI is InChI=1S/C7H14O4.6CH4/c1-6(10-2)7(9)11-5-3-4-8;;;;;;/h6,8H,3-5H2,1-2H3;6*1H4. The first-order valence-corrected chi connectivity index (χ1v) is 3.52. The number of ether oxygens (including phenoxy) is 2. The number of carbonyl (C=O) groups excluding carboxylic acids is 1. The van der Waals surface area contributed by atoms with Crippen LogP contribution in [0.4, 0.5) is 0 Å². The van der Waals surface area contributed by atoms with E-state index in [1.54, 1.807) is 6.92 Å². The Hall–Kier alpha value is -0.610. The number of aliphatic hydroxyl groups excluding tert-OH is 1. The van der Waals surface area contributed by atoms with Crippen LogP contribution in [0.5, 0.6) is 0 Å². The van der Waals surface area contributed by atoms with Gasteiger partial charge in [-0.3, -0.25) is 0 Å². The molecule has 0 amide bonds. The van der Waals surface area contributed by atoms with E-state index in [0.29, 0.717) is 6.42 Å². The fourth-order valence-electron chi connectivity index (χ4n) is 0.451. The van der Waals surface area contributed by atoms with Crippen molar-refractivity contribution in [1.82, 2.24) is 0 Å². The van der Waals surface area contributed by atoms with E-state index in [1.807, 2.05) is 0 Å². The molecule has 0 spiro atoms. The fraction of sp³-hybridized carbons (Fsp3) is 0.923. The average Bonchev–Trinajstić information content (AvgIpc) is 2.03. The predicted octanol–water partition coefficient (Wildman–Crippen LogP) is 3.76. The molecule has 1 N–H and O–H groups in total. The van der Waals surface area contributed by atoms with Gasteiger partial charge in [-0.1, -0.05) is 44.6 Å². The summed E-state index contributed by atoms with van der Waals surface area (Å²) in [6.07, 6.45) is -0.0453. The molecule has 114 valence electrons. The predicted molar refractivity (Wildman–Crippen MR) is 79.5 cm³/mol. The highest BCUT2D eigenvalue weighted by molar-refractivity contribution is 5.74. The summed E-state index contributed by atoms with van der Waals surface area (Å²) >= 11 is 0. The van der Waals surface area contributed by atoms with Crippen LogP contribution in [0.1, 0.15) is 57.9 Å². The lowest BCUT2D eigenvalue weighted by atomic mass is 10.4. The number of rotatable bonds is 5.